The summed E-state index contributed by atoms with van der Waals surface area (Å²) in [6, 6.07) is 14.1. The van der Waals surface area contributed by atoms with E-state index in [0.717, 1.165) is 5.56 Å². The van der Waals surface area contributed by atoms with Crippen LogP contribution in [-0.4, -0.2) is 25.5 Å². The molecule has 0 aliphatic heterocycles. The van der Waals surface area contributed by atoms with E-state index in [-0.39, 0.29) is 13.2 Å². The Balaban J connectivity index is 2.07. The van der Waals surface area contributed by atoms with Crippen LogP contribution < -0.4 is 10.1 Å². The molecule has 23 heavy (non-hydrogen) atoms. The van der Waals surface area contributed by atoms with Crippen molar-refractivity contribution in [3.05, 3.63) is 64.7 Å². The highest BCUT2D eigenvalue weighted by Crippen LogP contribution is 2.21. The number of ether oxygens (including phenoxy) is 2. The molecular weight excluding hydrogens is 318 g/mol. The maximum atomic E-state index is 12.1. The molecule has 120 valence electrons. The van der Waals surface area contributed by atoms with E-state index in [9.17, 15) is 9.59 Å². The molecule has 2 aromatic rings. The summed E-state index contributed by atoms with van der Waals surface area (Å²) in [5.41, 5.74) is 1.15. The highest BCUT2D eigenvalue weighted by atomic mass is 35.5. The van der Waals surface area contributed by atoms with Crippen molar-refractivity contribution in [3.8, 4) is 5.75 Å². The van der Waals surface area contributed by atoms with Gasteiger partial charge in [-0.05, 0) is 18.2 Å². The SMILES string of the molecule is COC(=O)CNC(=O)c1ccccc1OCc1ccccc1Cl. The maximum Gasteiger partial charge on any atom is 0.325 e. The van der Waals surface area contributed by atoms with Crippen LogP contribution in [0.1, 0.15) is 15.9 Å². The van der Waals surface area contributed by atoms with E-state index >= 15 is 0 Å². The summed E-state index contributed by atoms with van der Waals surface area (Å²) in [4.78, 5) is 23.2. The molecule has 0 spiro atoms. The van der Waals surface area contributed by atoms with Crippen molar-refractivity contribution >= 4 is 23.5 Å². The van der Waals surface area contributed by atoms with Crippen LogP contribution in [0, 0.1) is 0 Å². The average molecular weight is 334 g/mol. The van der Waals surface area contributed by atoms with Gasteiger partial charge in [-0.15, -0.1) is 0 Å². The molecule has 0 radical (unpaired) electrons. The van der Waals surface area contributed by atoms with E-state index in [2.05, 4.69) is 10.1 Å². The number of nitrogens with one attached hydrogen (secondary N) is 1. The number of carbonyl (C=O) groups is 2. The second-order valence-electron chi connectivity index (χ2n) is 4.64. The highest BCUT2D eigenvalue weighted by Gasteiger charge is 2.13. The number of rotatable bonds is 6. The van der Waals surface area contributed by atoms with Crippen LogP contribution in [0.4, 0.5) is 0 Å². The first-order valence-corrected chi connectivity index (χ1v) is 7.30. The lowest BCUT2D eigenvalue weighted by Crippen LogP contribution is -2.30. The summed E-state index contributed by atoms with van der Waals surface area (Å²) < 4.78 is 10.2. The number of benzene rings is 2. The Bertz CT molecular complexity index is 702. The molecule has 0 unspecified atom stereocenters. The minimum Gasteiger partial charge on any atom is -0.488 e. The minimum absolute atomic E-state index is 0.200. The van der Waals surface area contributed by atoms with Gasteiger partial charge in [-0.3, -0.25) is 9.59 Å². The fourth-order valence-electron chi connectivity index (χ4n) is 1.87. The standard InChI is InChI=1S/C17H16ClNO4/c1-22-16(20)10-19-17(21)13-7-3-5-9-15(13)23-11-12-6-2-4-8-14(12)18/h2-9H,10-11H2,1H3,(H,19,21). The number of hydrogen-bond acceptors (Lipinski definition) is 4. The van der Waals surface area contributed by atoms with Crippen molar-refractivity contribution in [3.63, 3.8) is 0 Å². The van der Waals surface area contributed by atoms with Crippen LogP contribution in [-0.2, 0) is 16.1 Å². The molecule has 1 amide bonds. The van der Waals surface area contributed by atoms with Crippen molar-refractivity contribution in [2.24, 2.45) is 0 Å². The lowest BCUT2D eigenvalue weighted by Gasteiger charge is -2.12. The lowest BCUT2D eigenvalue weighted by atomic mass is 10.2. The largest absolute Gasteiger partial charge is 0.488 e. The molecule has 0 bridgehead atoms. The van der Waals surface area contributed by atoms with Crippen molar-refractivity contribution in [1.82, 2.24) is 5.32 Å². The fraction of sp³-hybridized carbons (Fsp3) is 0.176. The van der Waals surface area contributed by atoms with E-state index in [1.807, 2.05) is 18.2 Å². The van der Waals surface area contributed by atoms with E-state index in [0.29, 0.717) is 16.3 Å². The summed E-state index contributed by atoms with van der Waals surface area (Å²) in [7, 11) is 1.26. The van der Waals surface area contributed by atoms with E-state index in [4.69, 9.17) is 16.3 Å². The van der Waals surface area contributed by atoms with Gasteiger partial charge >= 0.3 is 5.97 Å². The second-order valence-corrected chi connectivity index (χ2v) is 5.04. The van der Waals surface area contributed by atoms with Gasteiger partial charge in [0.2, 0.25) is 0 Å². The molecule has 2 aromatic carbocycles. The molecule has 6 heteroatoms. The average Bonchev–Trinajstić information content (AvgIpc) is 2.59. The van der Waals surface area contributed by atoms with Gasteiger partial charge in [0, 0.05) is 10.6 Å². The number of hydrogen-bond donors (Lipinski definition) is 1. The third-order valence-electron chi connectivity index (χ3n) is 3.09. The first-order valence-electron chi connectivity index (χ1n) is 6.92. The smallest absolute Gasteiger partial charge is 0.325 e. The third-order valence-corrected chi connectivity index (χ3v) is 3.46. The molecule has 0 atom stereocenters. The topological polar surface area (TPSA) is 64.6 Å². The van der Waals surface area contributed by atoms with Crippen molar-refractivity contribution in [2.45, 2.75) is 6.61 Å². The van der Waals surface area contributed by atoms with E-state index < -0.39 is 11.9 Å². The van der Waals surface area contributed by atoms with Gasteiger partial charge in [-0.1, -0.05) is 41.9 Å². The van der Waals surface area contributed by atoms with E-state index in [1.165, 1.54) is 7.11 Å². The fourth-order valence-corrected chi connectivity index (χ4v) is 2.06. The Labute approximate surface area is 139 Å². The number of carbonyl (C=O) groups excluding carboxylic acids is 2. The van der Waals surface area contributed by atoms with Gasteiger partial charge in [0.15, 0.2) is 0 Å². The number of halogens is 1. The van der Waals surface area contributed by atoms with Gasteiger partial charge in [0.1, 0.15) is 18.9 Å². The van der Waals surface area contributed by atoms with Crippen LogP contribution >= 0.6 is 11.6 Å². The van der Waals surface area contributed by atoms with Crippen LogP contribution in [0.2, 0.25) is 5.02 Å². The van der Waals surface area contributed by atoms with Crippen LogP contribution in [0.3, 0.4) is 0 Å². The Morgan fingerprint density at radius 1 is 1.09 bits per heavy atom. The molecule has 0 fully saturated rings. The third kappa shape index (κ3) is 4.72. The van der Waals surface area contributed by atoms with Gasteiger partial charge < -0.3 is 14.8 Å². The lowest BCUT2D eigenvalue weighted by molar-refractivity contribution is -0.139. The van der Waals surface area contributed by atoms with Crippen molar-refractivity contribution < 1.29 is 19.1 Å². The van der Waals surface area contributed by atoms with Crippen LogP contribution in [0.25, 0.3) is 0 Å². The van der Waals surface area contributed by atoms with Gasteiger partial charge in [0.25, 0.3) is 5.91 Å². The maximum absolute atomic E-state index is 12.1. The van der Waals surface area contributed by atoms with Gasteiger partial charge in [0.05, 0.1) is 12.7 Å². The molecule has 0 aromatic heterocycles. The Morgan fingerprint density at radius 3 is 2.52 bits per heavy atom. The van der Waals surface area contributed by atoms with Crippen molar-refractivity contribution in [1.29, 1.82) is 0 Å². The molecule has 0 heterocycles. The van der Waals surface area contributed by atoms with Gasteiger partial charge in [-0.25, -0.2) is 0 Å². The quantitative estimate of drug-likeness (QED) is 0.826. The molecule has 0 saturated heterocycles. The van der Waals surface area contributed by atoms with Gasteiger partial charge in [-0.2, -0.15) is 0 Å². The Hall–Kier alpha value is -2.53. The van der Waals surface area contributed by atoms with E-state index in [1.54, 1.807) is 30.3 Å². The summed E-state index contributed by atoms with van der Waals surface area (Å²) >= 11 is 6.08. The predicted molar refractivity (Wildman–Crippen MR) is 86.6 cm³/mol. The van der Waals surface area contributed by atoms with Crippen molar-refractivity contribution in [2.75, 3.05) is 13.7 Å². The zero-order valence-corrected chi connectivity index (χ0v) is 13.3. The molecule has 0 aliphatic rings. The summed E-state index contributed by atoms with van der Waals surface area (Å²) in [5, 5.41) is 3.08. The molecule has 2 rings (SSSR count). The zero-order valence-electron chi connectivity index (χ0n) is 12.5. The zero-order chi connectivity index (χ0) is 16.7. The summed E-state index contributed by atoms with van der Waals surface area (Å²) in [6.07, 6.45) is 0. The number of esters is 1. The number of amides is 1. The Kier molecular flexibility index (Phi) is 6.00. The molecule has 0 aliphatic carbocycles. The van der Waals surface area contributed by atoms with Crippen LogP contribution in [0.15, 0.2) is 48.5 Å². The van der Waals surface area contributed by atoms with Crippen LogP contribution in [0.5, 0.6) is 5.75 Å². The highest BCUT2D eigenvalue weighted by molar-refractivity contribution is 6.31. The first kappa shape index (κ1) is 16.8. The number of methoxy groups -OCH3 is 1. The predicted octanol–water partition coefficient (Wildman–Crippen LogP) is 2.82. The second kappa shape index (κ2) is 8.19. The minimum atomic E-state index is -0.521. The normalized spacial score (nSPS) is 10.0. The molecule has 1 N–H and O–H groups in total. The first-order chi connectivity index (χ1) is 11.1. The summed E-state index contributed by atoms with van der Waals surface area (Å²) in [6.45, 7) is 0.0369. The monoisotopic (exact) mass is 333 g/mol. The summed E-state index contributed by atoms with van der Waals surface area (Å²) in [5.74, 6) is -0.521. The number of para-hydroxylation sites is 1. The Morgan fingerprint density at radius 2 is 1.78 bits per heavy atom. The molecule has 0 saturated carbocycles. The molecular formula is C17H16ClNO4. The molecule has 5 nitrogen and oxygen atoms in total.